The second kappa shape index (κ2) is 5.86. The molecule has 2 heterocycles. The zero-order valence-electron chi connectivity index (χ0n) is 13.3. The van der Waals surface area contributed by atoms with E-state index in [0.717, 1.165) is 5.56 Å². The highest BCUT2D eigenvalue weighted by Gasteiger charge is 2.13. The number of benzene rings is 2. The van der Waals surface area contributed by atoms with E-state index in [2.05, 4.69) is 20.5 Å². The van der Waals surface area contributed by atoms with Crippen LogP contribution in [0.25, 0.3) is 16.9 Å². The number of hydrogen-bond donors (Lipinski definition) is 2. The van der Waals surface area contributed by atoms with Crippen LogP contribution < -0.4 is 11.0 Å². The van der Waals surface area contributed by atoms with Crippen LogP contribution in [0.1, 0.15) is 5.56 Å². The van der Waals surface area contributed by atoms with E-state index >= 15 is 0 Å². The lowest BCUT2D eigenvalue weighted by Gasteiger charge is -2.12. The molecule has 0 saturated heterocycles. The van der Waals surface area contributed by atoms with Gasteiger partial charge in [-0.3, -0.25) is 0 Å². The van der Waals surface area contributed by atoms with E-state index in [1.54, 1.807) is 25.1 Å². The molecular weight excluding hydrogens is 321 g/mol. The van der Waals surface area contributed by atoms with Gasteiger partial charge in [-0.2, -0.15) is 5.10 Å². The summed E-state index contributed by atoms with van der Waals surface area (Å²) in [6.45, 7) is 1.66. The second-order valence-corrected chi connectivity index (χ2v) is 5.59. The Bertz CT molecular complexity index is 1120. The first-order valence-electron chi connectivity index (χ1n) is 7.69. The molecule has 4 aromatic rings. The number of nitrogens with zero attached hydrogens (tertiary/aromatic N) is 3. The molecule has 0 bridgehead atoms. The van der Waals surface area contributed by atoms with Crippen LogP contribution in [0.3, 0.4) is 0 Å². The van der Waals surface area contributed by atoms with Crippen LogP contribution in [0.5, 0.6) is 0 Å². The first-order chi connectivity index (χ1) is 12.1. The summed E-state index contributed by atoms with van der Waals surface area (Å²) < 4.78 is 15.1. The molecule has 2 aromatic carbocycles. The van der Waals surface area contributed by atoms with Gasteiger partial charge >= 0.3 is 5.69 Å². The van der Waals surface area contributed by atoms with Crippen molar-refractivity contribution < 1.29 is 4.39 Å². The predicted octanol–water partition coefficient (Wildman–Crippen LogP) is 3.28. The molecule has 7 heteroatoms. The standard InChI is InChI=1S/C18H14FN5O/c1-11-13(19)8-5-9-14(11)20-17-21-15(12-6-3-2-4-7-12)10-16-22-23-18(25)24(16)17/h2-10H,1H3,(H,20,21)(H,23,25). The average molecular weight is 335 g/mol. The van der Waals surface area contributed by atoms with Crippen molar-refractivity contribution in [3.63, 3.8) is 0 Å². The molecule has 124 valence electrons. The molecule has 0 atom stereocenters. The molecule has 0 saturated carbocycles. The molecule has 0 unspecified atom stereocenters. The lowest BCUT2D eigenvalue weighted by Crippen LogP contribution is -2.15. The largest absolute Gasteiger partial charge is 0.350 e. The predicted molar refractivity (Wildman–Crippen MR) is 93.5 cm³/mol. The second-order valence-electron chi connectivity index (χ2n) is 5.59. The summed E-state index contributed by atoms with van der Waals surface area (Å²) in [5, 5.41) is 9.47. The van der Waals surface area contributed by atoms with Crippen molar-refractivity contribution in [1.82, 2.24) is 19.6 Å². The maximum atomic E-state index is 13.8. The van der Waals surface area contributed by atoms with Crippen molar-refractivity contribution in [3.8, 4) is 11.3 Å². The Morgan fingerprint density at radius 3 is 2.72 bits per heavy atom. The van der Waals surface area contributed by atoms with Crippen molar-refractivity contribution in [3.05, 3.63) is 76.5 Å². The molecule has 6 nitrogen and oxygen atoms in total. The minimum Gasteiger partial charge on any atom is -0.325 e. The van der Waals surface area contributed by atoms with Crippen LogP contribution in [0.4, 0.5) is 16.0 Å². The zero-order valence-corrected chi connectivity index (χ0v) is 13.3. The molecular formula is C18H14FN5O. The van der Waals surface area contributed by atoms with Gasteiger partial charge in [0.05, 0.1) is 5.69 Å². The van der Waals surface area contributed by atoms with Crippen LogP contribution in [0.15, 0.2) is 59.4 Å². The lowest BCUT2D eigenvalue weighted by molar-refractivity contribution is 0.619. The van der Waals surface area contributed by atoms with Gasteiger partial charge in [0.1, 0.15) is 5.82 Å². The molecule has 4 rings (SSSR count). The minimum absolute atomic E-state index is 0.267. The quantitative estimate of drug-likeness (QED) is 0.602. The van der Waals surface area contributed by atoms with E-state index in [0.29, 0.717) is 22.6 Å². The van der Waals surface area contributed by atoms with E-state index in [4.69, 9.17) is 0 Å². The lowest BCUT2D eigenvalue weighted by atomic mass is 10.1. The number of H-pyrrole nitrogens is 1. The normalized spacial score (nSPS) is 11.0. The Hall–Kier alpha value is -3.48. The van der Waals surface area contributed by atoms with Gasteiger partial charge in [-0.1, -0.05) is 36.4 Å². The number of halogens is 1. The maximum absolute atomic E-state index is 13.8. The third kappa shape index (κ3) is 2.65. The molecule has 0 aliphatic carbocycles. The van der Waals surface area contributed by atoms with Gasteiger partial charge in [0.15, 0.2) is 5.65 Å². The van der Waals surface area contributed by atoms with Crippen molar-refractivity contribution in [2.45, 2.75) is 6.92 Å². The average Bonchev–Trinajstić information content (AvgIpc) is 3.01. The van der Waals surface area contributed by atoms with Gasteiger partial charge in [-0.25, -0.2) is 23.7 Å². The first kappa shape index (κ1) is 15.1. The smallest absolute Gasteiger partial charge is 0.325 e. The van der Waals surface area contributed by atoms with Crippen molar-refractivity contribution in [2.75, 3.05) is 5.32 Å². The van der Waals surface area contributed by atoms with Gasteiger partial charge in [0.2, 0.25) is 5.95 Å². The molecule has 0 amide bonds. The molecule has 0 fully saturated rings. The van der Waals surface area contributed by atoms with Crippen molar-refractivity contribution >= 4 is 17.3 Å². The van der Waals surface area contributed by atoms with Crippen LogP contribution in [-0.4, -0.2) is 19.6 Å². The highest BCUT2D eigenvalue weighted by molar-refractivity contribution is 5.68. The summed E-state index contributed by atoms with van der Waals surface area (Å²) >= 11 is 0. The Balaban J connectivity index is 1.91. The minimum atomic E-state index is -0.418. The summed E-state index contributed by atoms with van der Waals surface area (Å²) in [5.74, 6) is -0.0659. The Morgan fingerprint density at radius 1 is 1.12 bits per heavy atom. The van der Waals surface area contributed by atoms with Gasteiger partial charge in [-0.05, 0) is 19.1 Å². The number of hydrogen-bond acceptors (Lipinski definition) is 4. The number of fused-ring (bicyclic) bond motifs is 1. The molecule has 25 heavy (non-hydrogen) atoms. The summed E-state index contributed by atoms with van der Waals surface area (Å²) in [6, 6.07) is 16.0. The maximum Gasteiger partial charge on any atom is 0.350 e. The number of aromatic nitrogens is 4. The Kier molecular flexibility index (Phi) is 3.53. The highest BCUT2D eigenvalue weighted by Crippen LogP contribution is 2.24. The SMILES string of the molecule is Cc1c(F)cccc1Nc1nc(-c2ccccc2)cc2n[nH]c(=O)n12. The summed E-state index contributed by atoms with van der Waals surface area (Å²) in [5.41, 5.74) is 2.53. The van der Waals surface area contributed by atoms with Crippen LogP contribution in [-0.2, 0) is 0 Å². The van der Waals surface area contributed by atoms with E-state index in [1.807, 2.05) is 30.3 Å². The fraction of sp³-hybridized carbons (Fsp3) is 0.0556. The summed E-state index contributed by atoms with van der Waals surface area (Å²) in [4.78, 5) is 16.6. The fourth-order valence-corrected chi connectivity index (χ4v) is 2.63. The number of nitrogens with one attached hydrogen (secondary N) is 2. The topological polar surface area (TPSA) is 75.1 Å². The highest BCUT2D eigenvalue weighted by atomic mass is 19.1. The monoisotopic (exact) mass is 335 g/mol. The molecule has 2 aromatic heterocycles. The molecule has 0 aliphatic heterocycles. The Morgan fingerprint density at radius 2 is 1.92 bits per heavy atom. The van der Waals surface area contributed by atoms with E-state index < -0.39 is 5.69 Å². The van der Waals surface area contributed by atoms with Gasteiger partial charge in [0.25, 0.3) is 0 Å². The third-order valence-corrected chi connectivity index (χ3v) is 3.99. The van der Waals surface area contributed by atoms with E-state index in [9.17, 15) is 9.18 Å². The van der Waals surface area contributed by atoms with E-state index in [1.165, 1.54) is 10.5 Å². The number of rotatable bonds is 3. The molecule has 0 radical (unpaired) electrons. The third-order valence-electron chi connectivity index (χ3n) is 3.99. The van der Waals surface area contributed by atoms with Crippen molar-refractivity contribution in [1.29, 1.82) is 0 Å². The van der Waals surface area contributed by atoms with Crippen LogP contribution in [0, 0.1) is 12.7 Å². The summed E-state index contributed by atoms with van der Waals surface area (Å²) in [6.07, 6.45) is 0. The first-order valence-corrected chi connectivity index (χ1v) is 7.69. The summed E-state index contributed by atoms with van der Waals surface area (Å²) in [7, 11) is 0. The zero-order chi connectivity index (χ0) is 17.4. The number of anilines is 2. The van der Waals surface area contributed by atoms with Crippen LogP contribution in [0.2, 0.25) is 0 Å². The Labute approximate surface area is 142 Å². The van der Waals surface area contributed by atoms with Crippen molar-refractivity contribution in [2.24, 2.45) is 0 Å². The number of aromatic amines is 1. The van der Waals surface area contributed by atoms with Gasteiger partial charge in [-0.15, -0.1) is 0 Å². The molecule has 0 spiro atoms. The fourth-order valence-electron chi connectivity index (χ4n) is 2.63. The molecule has 0 aliphatic rings. The van der Waals surface area contributed by atoms with Gasteiger partial charge < -0.3 is 5.32 Å². The van der Waals surface area contributed by atoms with Gasteiger partial charge in [0, 0.05) is 22.9 Å². The van der Waals surface area contributed by atoms with Crippen LogP contribution >= 0.6 is 0 Å². The molecule has 2 N–H and O–H groups in total. The van der Waals surface area contributed by atoms with E-state index in [-0.39, 0.29) is 11.8 Å².